The van der Waals surface area contributed by atoms with Crippen molar-refractivity contribution in [2.24, 2.45) is 0 Å². The summed E-state index contributed by atoms with van der Waals surface area (Å²) in [6.45, 7) is 0.128. The summed E-state index contributed by atoms with van der Waals surface area (Å²) in [6, 6.07) is 12.7. The smallest absolute Gasteiger partial charge is 0.248 e. The van der Waals surface area contributed by atoms with Crippen LogP contribution >= 0.6 is 11.6 Å². The van der Waals surface area contributed by atoms with E-state index in [9.17, 15) is 13.6 Å². The molecule has 0 bridgehead atoms. The van der Waals surface area contributed by atoms with Crippen LogP contribution in [0.2, 0.25) is 5.02 Å². The minimum absolute atomic E-state index is 0.128. The Bertz CT molecular complexity index is 1330. The summed E-state index contributed by atoms with van der Waals surface area (Å²) in [5, 5.41) is 0.893. The zero-order chi connectivity index (χ0) is 22.1. The van der Waals surface area contributed by atoms with Gasteiger partial charge in [-0.3, -0.25) is 4.79 Å². The van der Waals surface area contributed by atoms with E-state index in [4.69, 9.17) is 11.6 Å². The summed E-state index contributed by atoms with van der Waals surface area (Å²) in [5.74, 6) is -1.09. The fraction of sp³-hybridized carbons (Fsp3) is 0.136. The lowest BCUT2D eigenvalue weighted by Crippen LogP contribution is -2.22. The van der Waals surface area contributed by atoms with E-state index >= 15 is 0 Å². The van der Waals surface area contributed by atoms with Gasteiger partial charge in [0.2, 0.25) is 11.5 Å². The van der Waals surface area contributed by atoms with Crippen molar-refractivity contribution in [3.63, 3.8) is 0 Å². The standard InChI is InChI=1S/C22H18ClF2N5O/c1-29(2)18-8-9-26-22(27-18)30(15-5-3-4-14(23)11-15)12-13-10-19(31)28-21-16(13)6-7-17(24)20(21)25/h3-11H,12H2,1-2H3,(H,28,31). The minimum Gasteiger partial charge on any atom is -0.363 e. The van der Waals surface area contributed by atoms with Gasteiger partial charge in [-0.2, -0.15) is 4.98 Å². The number of fused-ring (bicyclic) bond motifs is 1. The zero-order valence-electron chi connectivity index (χ0n) is 16.7. The van der Waals surface area contributed by atoms with Crippen LogP contribution < -0.4 is 15.4 Å². The molecule has 0 radical (unpaired) electrons. The monoisotopic (exact) mass is 441 g/mol. The van der Waals surface area contributed by atoms with Crippen LogP contribution in [0.4, 0.5) is 26.2 Å². The third-order valence-corrected chi connectivity index (χ3v) is 5.01. The highest BCUT2D eigenvalue weighted by atomic mass is 35.5. The number of halogens is 3. The maximum Gasteiger partial charge on any atom is 0.248 e. The molecule has 0 saturated heterocycles. The molecule has 0 unspecified atom stereocenters. The van der Waals surface area contributed by atoms with Gasteiger partial charge in [-0.15, -0.1) is 0 Å². The molecule has 2 aromatic carbocycles. The molecular formula is C22H18ClF2N5O. The number of hydrogen-bond donors (Lipinski definition) is 1. The lowest BCUT2D eigenvalue weighted by atomic mass is 10.1. The number of aromatic nitrogens is 3. The van der Waals surface area contributed by atoms with E-state index in [0.717, 1.165) is 6.07 Å². The lowest BCUT2D eigenvalue weighted by molar-refractivity contribution is 0.515. The lowest BCUT2D eigenvalue weighted by Gasteiger charge is -2.25. The maximum absolute atomic E-state index is 14.3. The molecule has 2 heterocycles. The van der Waals surface area contributed by atoms with E-state index in [1.165, 1.54) is 12.1 Å². The normalized spacial score (nSPS) is 11.0. The van der Waals surface area contributed by atoms with Crippen LogP contribution in [0.25, 0.3) is 10.9 Å². The van der Waals surface area contributed by atoms with E-state index in [1.54, 1.807) is 35.4 Å². The van der Waals surface area contributed by atoms with Gasteiger partial charge in [0.15, 0.2) is 11.6 Å². The third-order valence-electron chi connectivity index (χ3n) is 4.77. The van der Waals surface area contributed by atoms with Gasteiger partial charge in [0.25, 0.3) is 0 Å². The van der Waals surface area contributed by atoms with Crippen LogP contribution in [0.15, 0.2) is 59.5 Å². The van der Waals surface area contributed by atoms with Gasteiger partial charge in [0.05, 0.1) is 12.1 Å². The van der Waals surface area contributed by atoms with Crippen molar-refractivity contribution in [1.82, 2.24) is 15.0 Å². The summed E-state index contributed by atoms with van der Waals surface area (Å²) in [4.78, 5) is 27.1. The topological polar surface area (TPSA) is 65.1 Å². The fourth-order valence-corrected chi connectivity index (χ4v) is 3.46. The first-order valence-corrected chi connectivity index (χ1v) is 9.74. The second-order valence-corrected chi connectivity index (χ2v) is 7.55. The van der Waals surface area contributed by atoms with E-state index in [1.807, 2.05) is 25.1 Å². The number of benzene rings is 2. The van der Waals surface area contributed by atoms with Crippen molar-refractivity contribution in [3.8, 4) is 0 Å². The molecule has 0 atom stereocenters. The molecule has 4 aromatic rings. The first kappa shape index (κ1) is 20.7. The summed E-state index contributed by atoms with van der Waals surface area (Å²) >= 11 is 6.20. The van der Waals surface area contributed by atoms with Crippen LogP contribution in [-0.2, 0) is 6.54 Å². The van der Waals surface area contributed by atoms with E-state index in [0.29, 0.717) is 33.4 Å². The summed E-state index contributed by atoms with van der Waals surface area (Å²) in [5.41, 5.74) is 0.438. The Balaban J connectivity index is 1.89. The van der Waals surface area contributed by atoms with Gasteiger partial charge >= 0.3 is 0 Å². The number of nitrogens with one attached hydrogen (secondary N) is 1. The zero-order valence-corrected chi connectivity index (χ0v) is 17.5. The van der Waals surface area contributed by atoms with E-state index in [-0.39, 0.29) is 12.1 Å². The molecule has 158 valence electrons. The molecule has 1 N–H and O–H groups in total. The Labute approximate surface area is 181 Å². The number of aromatic amines is 1. The molecule has 2 aromatic heterocycles. The van der Waals surface area contributed by atoms with E-state index in [2.05, 4.69) is 15.0 Å². The fourth-order valence-electron chi connectivity index (χ4n) is 3.28. The van der Waals surface area contributed by atoms with Crippen molar-refractivity contribution in [1.29, 1.82) is 0 Å². The minimum atomic E-state index is -1.10. The number of nitrogens with zero attached hydrogens (tertiary/aromatic N) is 4. The summed E-state index contributed by atoms with van der Waals surface area (Å²) in [7, 11) is 3.72. The molecular weight excluding hydrogens is 424 g/mol. The second kappa shape index (κ2) is 8.31. The first-order chi connectivity index (χ1) is 14.8. The summed E-state index contributed by atoms with van der Waals surface area (Å²) < 4.78 is 28.1. The number of rotatable bonds is 5. The molecule has 0 aliphatic carbocycles. The van der Waals surface area contributed by atoms with Gasteiger partial charge in [-0.05, 0) is 42.0 Å². The van der Waals surface area contributed by atoms with Crippen molar-refractivity contribution in [2.75, 3.05) is 23.9 Å². The Morgan fingerprint density at radius 2 is 1.90 bits per heavy atom. The van der Waals surface area contributed by atoms with Crippen molar-refractivity contribution in [3.05, 3.63) is 87.3 Å². The van der Waals surface area contributed by atoms with Gasteiger partial charge < -0.3 is 14.8 Å². The quantitative estimate of drug-likeness (QED) is 0.488. The molecule has 0 spiro atoms. The highest BCUT2D eigenvalue weighted by molar-refractivity contribution is 6.30. The van der Waals surface area contributed by atoms with E-state index < -0.39 is 17.2 Å². The Morgan fingerprint density at radius 1 is 1.10 bits per heavy atom. The molecule has 0 fully saturated rings. The van der Waals surface area contributed by atoms with Gasteiger partial charge in [0, 0.05) is 42.5 Å². The number of pyridine rings is 1. The summed E-state index contributed by atoms with van der Waals surface area (Å²) in [6.07, 6.45) is 1.63. The predicted molar refractivity (Wildman–Crippen MR) is 118 cm³/mol. The molecule has 31 heavy (non-hydrogen) atoms. The SMILES string of the molecule is CN(C)c1ccnc(N(Cc2cc(=O)[nH]c3c(F)c(F)ccc23)c2cccc(Cl)c2)n1. The second-order valence-electron chi connectivity index (χ2n) is 7.12. The Morgan fingerprint density at radius 3 is 2.65 bits per heavy atom. The average Bonchev–Trinajstić information content (AvgIpc) is 2.75. The highest BCUT2D eigenvalue weighted by Crippen LogP contribution is 2.30. The van der Waals surface area contributed by atoms with Crippen LogP contribution in [-0.4, -0.2) is 29.0 Å². The number of anilines is 3. The van der Waals surface area contributed by atoms with Gasteiger partial charge in [-0.1, -0.05) is 17.7 Å². The molecule has 0 aliphatic heterocycles. The highest BCUT2D eigenvalue weighted by Gasteiger charge is 2.18. The molecule has 9 heteroatoms. The van der Waals surface area contributed by atoms with Crippen LogP contribution in [0.1, 0.15) is 5.56 Å². The molecule has 4 rings (SSSR count). The molecule has 0 saturated carbocycles. The average molecular weight is 442 g/mol. The molecule has 0 aliphatic rings. The molecule has 6 nitrogen and oxygen atoms in total. The Kier molecular flexibility index (Phi) is 5.56. The van der Waals surface area contributed by atoms with Crippen molar-refractivity contribution < 1.29 is 8.78 Å². The van der Waals surface area contributed by atoms with Crippen LogP contribution in [0.3, 0.4) is 0 Å². The van der Waals surface area contributed by atoms with Crippen molar-refractivity contribution >= 4 is 40.0 Å². The number of hydrogen-bond acceptors (Lipinski definition) is 5. The van der Waals surface area contributed by atoms with Gasteiger partial charge in [-0.25, -0.2) is 13.8 Å². The predicted octanol–water partition coefficient (Wildman–Crippen LogP) is 4.65. The van der Waals surface area contributed by atoms with Gasteiger partial charge in [0.1, 0.15) is 5.82 Å². The largest absolute Gasteiger partial charge is 0.363 e. The van der Waals surface area contributed by atoms with Crippen molar-refractivity contribution in [2.45, 2.75) is 6.54 Å². The first-order valence-electron chi connectivity index (χ1n) is 9.37. The number of H-pyrrole nitrogens is 1. The maximum atomic E-state index is 14.3. The Hall–Kier alpha value is -3.52. The molecule has 0 amide bonds. The van der Waals surface area contributed by atoms with Crippen LogP contribution in [0.5, 0.6) is 0 Å². The third kappa shape index (κ3) is 4.20. The van der Waals surface area contributed by atoms with Crippen LogP contribution in [0, 0.1) is 11.6 Å².